The maximum Gasteiger partial charge on any atom is 0.317 e. The average molecular weight is 241 g/mol. The number of carbonyl (C=O) groups is 1. The van der Waals surface area contributed by atoms with Gasteiger partial charge in [-0.1, -0.05) is 20.8 Å². The number of amides is 2. The zero-order valence-electron chi connectivity index (χ0n) is 10.3. The maximum atomic E-state index is 11.7. The van der Waals surface area contributed by atoms with Crippen molar-refractivity contribution in [3.8, 4) is 0 Å². The van der Waals surface area contributed by atoms with Crippen LogP contribution in [0.5, 0.6) is 0 Å². The minimum Gasteiger partial charge on any atom is -0.337 e. The highest BCUT2D eigenvalue weighted by molar-refractivity contribution is 7.09. The lowest BCUT2D eigenvalue weighted by Gasteiger charge is -2.22. The molecule has 1 aromatic heterocycles. The van der Waals surface area contributed by atoms with Crippen LogP contribution in [0.25, 0.3) is 0 Å². The van der Waals surface area contributed by atoms with Gasteiger partial charge >= 0.3 is 6.03 Å². The fourth-order valence-electron chi connectivity index (χ4n) is 1.08. The largest absolute Gasteiger partial charge is 0.337 e. The standard InChI is InChI=1S/C11H19N3OS/c1-11(2,3)8-13-10(15)14(4)7-9-12-5-6-16-9/h5-6H,7-8H2,1-4H3,(H,13,15). The summed E-state index contributed by atoms with van der Waals surface area (Å²) in [7, 11) is 1.78. The molecule has 0 atom stereocenters. The third-order valence-corrected chi connectivity index (χ3v) is 2.74. The van der Waals surface area contributed by atoms with Gasteiger partial charge in [0.15, 0.2) is 0 Å². The first-order chi connectivity index (χ1) is 7.38. The summed E-state index contributed by atoms with van der Waals surface area (Å²) in [5, 5.41) is 5.76. The molecule has 5 heteroatoms. The van der Waals surface area contributed by atoms with Crippen molar-refractivity contribution < 1.29 is 4.79 Å². The molecule has 4 nitrogen and oxygen atoms in total. The number of carbonyl (C=O) groups excluding carboxylic acids is 1. The van der Waals surface area contributed by atoms with E-state index in [1.54, 1.807) is 29.5 Å². The van der Waals surface area contributed by atoms with Crippen molar-refractivity contribution >= 4 is 17.4 Å². The number of aromatic nitrogens is 1. The molecule has 0 radical (unpaired) electrons. The Morgan fingerprint density at radius 3 is 2.75 bits per heavy atom. The van der Waals surface area contributed by atoms with Crippen molar-refractivity contribution in [1.29, 1.82) is 0 Å². The summed E-state index contributed by atoms with van der Waals surface area (Å²) in [6.45, 7) is 7.51. The topological polar surface area (TPSA) is 45.2 Å². The second kappa shape index (κ2) is 5.30. The Balaban J connectivity index is 2.37. The van der Waals surface area contributed by atoms with E-state index in [0.717, 1.165) is 5.01 Å². The molecule has 1 N–H and O–H groups in total. The van der Waals surface area contributed by atoms with Gasteiger partial charge in [-0.2, -0.15) is 0 Å². The van der Waals surface area contributed by atoms with E-state index in [-0.39, 0.29) is 11.4 Å². The van der Waals surface area contributed by atoms with Gasteiger partial charge in [0.25, 0.3) is 0 Å². The Bertz CT molecular complexity index is 329. The molecule has 90 valence electrons. The molecule has 0 bridgehead atoms. The number of rotatable bonds is 3. The first-order valence-electron chi connectivity index (χ1n) is 5.26. The Kier molecular flexibility index (Phi) is 4.29. The Labute approximate surface area is 101 Å². The second-order valence-corrected chi connectivity index (χ2v) is 5.98. The first kappa shape index (κ1) is 13.0. The summed E-state index contributed by atoms with van der Waals surface area (Å²) in [5.41, 5.74) is 0.109. The van der Waals surface area contributed by atoms with Gasteiger partial charge in [-0.25, -0.2) is 9.78 Å². The summed E-state index contributed by atoms with van der Waals surface area (Å²) in [5.74, 6) is 0. The fourth-order valence-corrected chi connectivity index (χ4v) is 1.75. The normalized spacial score (nSPS) is 11.2. The van der Waals surface area contributed by atoms with Crippen LogP contribution in [0.15, 0.2) is 11.6 Å². The molecule has 0 fully saturated rings. The smallest absolute Gasteiger partial charge is 0.317 e. The van der Waals surface area contributed by atoms with Crippen molar-refractivity contribution in [1.82, 2.24) is 15.2 Å². The van der Waals surface area contributed by atoms with Crippen LogP contribution in [0.4, 0.5) is 4.79 Å². The summed E-state index contributed by atoms with van der Waals surface area (Å²) in [4.78, 5) is 17.5. The van der Waals surface area contributed by atoms with Crippen molar-refractivity contribution in [2.45, 2.75) is 27.3 Å². The molecule has 0 saturated carbocycles. The molecule has 0 aromatic carbocycles. The summed E-state index contributed by atoms with van der Waals surface area (Å²) < 4.78 is 0. The molecule has 0 aliphatic heterocycles. The molecule has 1 aromatic rings. The van der Waals surface area contributed by atoms with Gasteiger partial charge in [-0.05, 0) is 5.41 Å². The van der Waals surface area contributed by atoms with Gasteiger partial charge < -0.3 is 10.2 Å². The van der Waals surface area contributed by atoms with Crippen LogP contribution in [0, 0.1) is 5.41 Å². The molecule has 1 rings (SSSR count). The molecule has 0 aliphatic carbocycles. The molecule has 1 heterocycles. The van der Waals surface area contributed by atoms with Crippen molar-refractivity contribution in [3.05, 3.63) is 16.6 Å². The van der Waals surface area contributed by atoms with Gasteiger partial charge in [0, 0.05) is 25.2 Å². The van der Waals surface area contributed by atoms with Crippen LogP contribution in [0.2, 0.25) is 0 Å². The molecule has 0 unspecified atom stereocenters. The van der Waals surface area contributed by atoms with E-state index in [2.05, 4.69) is 31.1 Å². The third-order valence-electron chi connectivity index (χ3n) is 1.97. The van der Waals surface area contributed by atoms with E-state index in [0.29, 0.717) is 13.1 Å². The van der Waals surface area contributed by atoms with E-state index in [9.17, 15) is 4.79 Å². The number of urea groups is 1. The highest BCUT2D eigenvalue weighted by Gasteiger charge is 2.14. The Morgan fingerprint density at radius 2 is 2.25 bits per heavy atom. The van der Waals surface area contributed by atoms with Crippen LogP contribution in [0.3, 0.4) is 0 Å². The molecule has 0 aliphatic rings. The highest BCUT2D eigenvalue weighted by Crippen LogP contribution is 2.11. The van der Waals surface area contributed by atoms with Crippen molar-refractivity contribution in [3.63, 3.8) is 0 Å². The third kappa shape index (κ3) is 4.61. The Morgan fingerprint density at radius 1 is 1.56 bits per heavy atom. The minimum absolute atomic E-state index is 0.0508. The lowest BCUT2D eigenvalue weighted by molar-refractivity contribution is 0.202. The summed E-state index contributed by atoms with van der Waals surface area (Å²) in [6, 6.07) is -0.0508. The molecular weight excluding hydrogens is 222 g/mol. The lowest BCUT2D eigenvalue weighted by atomic mass is 9.97. The van der Waals surface area contributed by atoms with Gasteiger partial charge in [0.05, 0.1) is 6.54 Å². The van der Waals surface area contributed by atoms with Crippen LogP contribution in [-0.4, -0.2) is 29.5 Å². The van der Waals surface area contributed by atoms with Crippen LogP contribution < -0.4 is 5.32 Å². The van der Waals surface area contributed by atoms with Crippen LogP contribution in [0.1, 0.15) is 25.8 Å². The molecule has 0 spiro atoms. The molecule has 2 amide bonds. The SMILES string of the molecule is CN(Cc1nccs1)C(=O)NCC(C)(C)C. The maximum absolute atomic E-state index is 11.7. The van der Waals surface area contributed by atoms with E-state index in [1.165, 1.54) is 0 Å². The molecule has 0 saturated heterocycles. The van der Waals surface area contributed by atoms with Crippen molar-refractivity contribution in [2.24, 2.45) is 5.41 Å². The zero-order chi connectivity index (χ0) is 12.2. The Hall–Kier alpha value is -1.10. The van der Waals surface area contributed by atoms with Crippen LogP contribution in [-0.2, 0) is 6.54 Å². The van der Waals surface area contributed by atoms with E-state index >= 15 is 0 Å². The zero-order valence-corrected chi connectivity index (χ0v) is 11.1. The van der Waals surface area contributed by atoms with E-state index in [4.69, 9.17) is 0 Å². The number of hydrogen-bond acceptors (Lipinski definition) is 3. The van der Waals surface area contributed by atoms with E-state index < -0.39 is 0 Å². The predicted octanol–water partition coefficient (Wildman–Crippen LogP) is 2.33. The number of nitrogens with zero attached hydrogens (tertiary/aromatic N) is 2. The number of thiazole rings is 1. The van der Waals surface area contributed by atoms with E-state index in [1.807, 2.05) is 5.38 Å². The summed E-state index contributed by atoms with van der Waals surface area (Å²) in [6.07, 6.45) is 1.75. The fraction of sp³-hybridized carbons (Fsp3) is 0.636. The second-order valence-electron chi connectivity index (χ2n) is 5.00. The monoisotopic (exact) mass is 241 g/mol. The van der Waals surface area contributed by atoms with Gasteiger partial charge in [0.2, 0.25) is 0 Å². The minimum atomic E-state index is -0.0508. The van der Waals surface area contributed by atoms with Gasteiger partial charge in [-0.3, -0.25) is 0 Å². The van der Waals surface area contributed by atoms with Gasteiger partial charge in [0.1, 0.15) is 5.01 Å². The molecule has 16 heavy (non-hydrogen) atoms. The van der Waals surface area contributed by atoms with Gasteiger partial charge in [-0.15, -0.1) is 11.3 Å². The number of nitrogens with one attached hydrogen (secondary N) is 1. The molecular formula is C11H19N3OS. The average Bonchev–Trinajstić information content (AvgIpc) is 2.65. The van der Waals surface area contributed by atoms with Crippen LogP contribution >= 0.6 is 11.3 Å². The predicted molar refractivity (Wildman–Crippen MR) is 66.4 cm³/mol. The van der Waals surface area contributed by atoms with Crippen molar-refractivity contribution in [2.75, 3.05) is 13.6 Å². The first-order valence-corrected chi connectivity index (χ1v) is 6.14. The lowest BCUT2D eigenvalue weighted by Crippen LogP contribution is -2.40. The number of hydrogen-bond donors (Lipinski definition) is 1. The highest BCUT2D eigenvalue weighted by atomic mass is 32.1. The summed E-state index contributed by atoms with van der Waals surface area (Å²) >= 11 is 1.56. The quantitative estimate of drug-likeness (QED) is 0.882.